The number of hydrogen-bond donors (Lipinski definition) is 4. The van der Waals surface area contributed by atoms with Gasteiger partial charge in [-0.15, -0.1) is 0 Å². The second-order valence-corrected chi connectivity index (χ2v) is 9.72. The third kappa shape index (κ3) is 3.94. The van der Waals surface area contributed by atoms with Crippen molar-refractivity contribution in [3.63, 3.8) is 0 Å². The molecule has 3 rings (SSSR count). The molecule has 1 fully saturated rings. The summed E-state index contributed by atoms with van der Waals surface area (Å²) in [6, 6.07) is 1.39. The Labute approximate surface area is 172 Å². The summed E-state index contributed by atoms with van der Waals surface area (Å²) < 4.78 is 41.0. The molecule has 0 saturated carbocycles. The third-order valence-corrected chi connectivity index (χ3v) is 8.03. The fraction of sp³-hybridized carbons (Fsp3) is 0.471. The molecule has 2 amide bonds. The fourth-order valence-electron chi connectivity index (χ4n) is 3.28. The van der Waals surface area contributed by atoms with Crippen LogP contribution in [0.25, 0.3) is 0 Å². The van der Waals surface area contributed by atoms with E-state index in [4.69, 9.17) is 23.2 Å². The second kappa shape index (κ2) is 8.06. The van der Waals surface area contributed by atoms with Crippen molar-refractivity contribution in [1.82, 2.24) is 10.6 Å². The Morgan fingerprint density at radius 2 is 1.96 bits per heavy atom. The molecule has 1 heterocycles. The minimum Gasteiger partial charge on any atom is -0.504 e. The zero-order chi connectivity index (χ0) is 20.5. The van der Waals surface area contributed by atoms with Gasteiger partial charge in [0.15, 0.2) is 5.75 Å². The summed E-state index contributed by atoms with van der Waals surface area (Å²) >= 11 is 12.0. The van der Waals surface area contributed by atoms with Gasteiger partial charge in [0.1, 0.15) is 4.90 Å². The van der Waals surface area contributed by atoms with E-state index in [0.717, 1.165) is 6.42 Å². The van der Waals surface area contributed by atoms with Crippen molar-refractivity contribution in [1.29, 1.82) is 0 Å². The quantitative estimate of drug-likeness (QED) is 0.525. The lowest BCUT2D eigenvalue weighted by atomic mass is 10.1. The van der Waals surface area contributed by atoms with Crippen LogP contribution in [0.15, 0.2) is 28.1 Å². The van der Waals surface area contributed by atoms with Gasteiger partial charge >= 0.3 is 6.03 Å². The van der Waals surface area contributed by atoms with Crippen molar-refractivity contribution in [3.05, 3.63) is 28.3 Å². The molecule has 0 radical (unpaired) electrons. The van der Waals surface area contributed by atoms with Gasteiger partial charge in [0, 0.05) is 17.9 Å². The smallest absolute Gasteiger partial charge is 0.319 e. The number of urea groups is 1. The van der Waals surface area contributed by atoms with Crippen molar-refractivity contribution in [2.45, 2.75) is 41.6 Å². The summed E-state index contributed by atoms with van der Waals surface area (Å²) in [5.74, 6) is -0.800. The zero-order valence-electron chi connectivity index (χ0n) is 14.8. The van der Waals surface area contributed by atoms with Gasteiger partial charge in [-0.1, -0.05) is 29.3 Å². The van der Waals surface area contributed by atoms with Crippen LogP contribution in [0.5, 0.6) is 5.75 Å². The first-order valence-corrected chi connectivity index (χ1v) is 11.0. The Balaban J connectivity index is 1.88. The van der Waals surface area contributed by atoms with Crippen LogP contribution < -0.4 is 16.0 Å². The number of carbonyl (C=O) groups is 1. The molecule has 0 spiro atoms. The van der Waals surface area contributed by atoms with Gasteiger partial charge in [-0.3, -0.25) is 0 Å². The van der Waals surface area contributed by atoms with Gasteiger partial charge in [-0.2, -0.15) is 0 Å². The van der Waals surface area contributed by atoms with Crippen molar-refractivity contribution in [2.75, 3.05) is 18.4 Å². The van der Waals surface area contributed by atoms with E-state index in [9.17, 15) is 18.3 Å². The van der Waals surface area contributed by atoms with Crippen LogP contribution in [0.2, 0.25) is 5.02 Å². The fourth-order valence-corrected chi connectivity index (χ4v) is 5.81. The first kappa shape index (κ1) is 21.2. The SMILES string of the molecule is O=C(Nc1ccc(Cl)c(S(=O)(=O)C2(F)CCNCC2)c1O)N[C@H]1CCC=C1Cl. The third-order valence-electron chi connectivity index (χ3n) is 4.87. The molecule has 7 nitrogen and oxygen atoms in total. The summed E-state index contributed by atoms with van der Waals surface area (Å²) in [4.78, 5) is 11.5. The normalized spacial score (nSPS) is 21.8. The first-order valence-electron chi connectivity index (χ1n) is 8.74. The topological polar surface area (TPSA) is 108 Å². The summed E-state index contributed by atoms with van der Waals surface area (Å²) in [5.41, 5.74) is -0.198. The van der Waals surface area contributed by atoms with Crippen LogP contribution in [-0.4, -0.2) is 43.7 Å². The zero-order valence-corrected chi connectivity index (χ0v) is 17.1. The van der Waals surface area contributed by atoms with Gasteiger partial charge in [-0.25, -0.2) is 17.6 Å². The number of carbonyl (C=O) groups excluding carboxylic acids is 1. The molecule has 2 aliphatic rings. The van der Waals surface area contributed by atoms with E-state index in [1.165, 1.54) is 12.1 Å². The van der Waals surface area contributed by atoms with Crippen molar-refractivity contribution < 1.29 is 22.7 Å². The van der Waals surface area contributed by atoms with Crippen LogP contribution in [0, 0.1) is 0 Å². The Hall–Kier alpha value is -1.55. The number of nitrogens with one attached hydrogen (secondary N) is 3. The molecule has 0 bridgehead atoms. The molecule has 11 heteroatoms. The standard InChI is InChI=1S/C17H20Cl2FN3O4S/c18-10-2-1-3-12(10)22-16(25)23-13-5-4-11(19)15(14(13)24)28(26,27)17(20)6-8-21-9-7-17/h2,4-5,12,21,24H,1,3,6-9H2,(H2,22,23,25)/t12-/m0/s1. The lowest BCUT2D eigenvalue weighted by molar-refractivity contribution is 0.205. The number of rotatable bonds is 4. The molecule has 1 aromatic rings. The number of anilines is 1. The van der Waals surface area contributed by atoms with Crippen LogP contribution >= 0.6 is 23.2 Å². The summed E-state index contributed by atoms with van der Waals surface area (Å²) in [7, 11) is -4.60. The Bertz CT molecular complexity index is 917. The minimum absolute atomic E-state index is 0.185. The highest BCUT2D eigenvalue weighted by atomic mass is 35.5. The highest BCUT2D eigenvalue weighted by Crippen LogP contribution is 2.44. The molecular weight excluding hydrogens is 432 g/mol. The van der Waals surface area contributed by atoms with E-state index in [1.807, 2.05) is 0 Å². The number of aromatic hydroxyl groups is 1. The van der Waals surface area contributed by atoms with E-state index in [0.29, 0.717) is 11.5 Å². The first-order chi connectivity index (χ1) is 13.2. The van der Waals surface area contributed by atoms with Crippen molar-refractivity contribution >= 4 is 44.8 Å². The molecular formula is C17H20Cl2FN3O4S. The molecule has 1 aliphatic carbocycles. The predicted octanol–water partition coefficient (Wildman–Crippen LogP) is 3.28. The average molecular weight is 452 g/mol. The number of phenolic OH excluding ortho intramolecular Hbond substituents is 1. The summed E-state index contributed by atoms with van der Waals surface area (Å²) in [6.45, 7) is 0.369. The second-order valence-electron chi connectivity index (χ2n) is 6.73. The molecule has 28 heavy (non-hydrogen) atoms. The van der Waals surface area contributed by atoms with E-state index < -0.39 is 31.5 Å². The maximum atomic E-state index is 15.2. The number of amides is 2. The van der Waals surface area contributed by atoms with E-state index in [1.54, 1.807) is 6.08 Å². The Kier molecular flexibility index (Phi) is 6.09. The lowest BCUT2D eigenvalue weighted by Gasteiger charge is -2.30. The average Bonchev–Trinajstić information content (AvgIpc) is 3.02. The van der Waals surface area contributed by atoms with Gasteiger partial charge in [0.05, 0.1) is 16.8 Å². The maximum absolute atomic E-state index is 15.2. The van der Waals surface area contributed by atoms with Crippen molar-refractivity contribution in [2.24, 2.45) is 0 Å². The summed E-state index contributed by atoms with van der Waals surface area (Å²) in [5, 5.41) is 16.0. The Morgan fingerprint density at radius 1 is 1.29 bits per heavy atom. The predicted molar refractivity (Wildman–Crippen MR) is 105 cm³/mol. The van der Waals surface area contributed by atoms with E-state index in [2.05, 4.69) is 16.0 Å². The van der Waals surface area contributed by atoms with Crippen LogP contribution in [0.4, 0.5) is 14.9 Å². The van der Waals surface area contributed by atoms with E-state index in [-0.39, 0.29) is 42.7 Å². The monoisotopic (exact) mass is 451 g/mol. The molecule has 1 saturated heterocycles. The highest BCUT2D eigenvalue weighted by Gasteiger charge is 2.48. The molecule has 1 atom stereocenters. The van der Waals surface area contributed by atoms with Gasteiger partial charge in [0.2, 0.25) is 14.8 Å². The van der Waals surface area contributed by atoms with Gasteiger partial charge < -0.3 is 21.1 Å². The molecule has 0 unspecified atom stereocenters. The number of sulfone groups is 1. The minimum atomic E-state index is -4.60. The maximum Gasteiger partial charge on any atom is 0.319 e. The molecule has 4 N–H and O–H groups in total. The number of hydrogen-bond acceptors (Lipinski definition) is 5. The van der Waals surface area contributed by atoms with Crippen LogP contribution in [0.3, 0.4) is 0 Å². The largest absolute Gasteiger partial charge is 0.504 e. The number of alkyl halides is 1. The number of piperidine rings is 1. The molecule has 0 aromatic heterocycles. The van der Waals surface area contributed by atoms with Crippen LogP contribution in [-0.2, 0) is 9.84 Å². The Morgan fingerprint density at radius 3 is 2.57 bits per heavy atom. The number of halogens is 3. The molecule has 1 aliphatic heterocycles. The van der Waals surface area contributed by atoms with Crippen molar-refractivity contribution in [3.8, 4) is 5.75 Å². The number of allylic oxidation sites excluding steroid dienone is 1. The van der Waals surface area contributed by atoms with Gasteiger partial charge in [-0.05, 0) is 38.1 Å². The molecule has 1 aromatic carbocycles. The lowest BCUT2D eigenvalue weighted by Crippen LogP contribution is -2.44. The number of phenols is 1. The van der Waals surface area contributed by atoms with E-state index >= 15 is 4.39 Å². The molecule has 154 valence electrons. The van der Waals surface area contributed by atoms with Crippen LogP contribution in [0.1, 0.15) is 25.7 Å². The summed E-state index contributed by atoms with van der Waals surface area (Å²) in [6.07, 6.45) is 2.62. The number of benzene rings is 1. The highest BCUT2D eigenvalue weighted by molar-refractivity contribution is 7.92. The van der Waals surface area contributed by atoms with Gasteiger partial charge in [0.25, 0.3) is 0 Å².